The molecule has 1 saturated heterocycles. The molecule has 0 radical (unpaired) electrons. The van der Waals surface area contributed by atoms with Crippen molar-refractivity contribution in [3.63, 3.8) is 0 Å². The van der Waals surface area contributed by atoms with Gasteiger partial charge in [0, 0.05) is 0 Å². The number of ether oxygens (including phenoxy) is 1. The Bertz CT molecular complexity index is 271. The Morgan fingerprint density at radius 2 is 2.00 bits per heavy atom. The van der Waals surface area contributed by atoms with Gasteiger partial charge in [-0.15, -0.1) is 0 Å². The Labute approximate surface area is 68.3 Å². The highest BCUT2D eigenvalue weighted by Gasteiger charge is 2.49. The maximum atomic E-state index is 11.2. The summed E-state index contributed by atoms with van der Waals surface area (Å²) >= 11 is 0. The first kappa shape index (κ1) is 8.51. The molecule has 0 spiro atoms. The molecular formula is C6H8N2O4. The van der Waals surface area contributed by atoms with E-state index in [0.717, 1.165) is 0 Å². The molecular weight excluding hydrogens is 164 g/mol. The van der Waals surface area contributed by atoms with Crippen molar-refractivity contribution in [2.75, 3.05) is 0 Å². The molecule has 0 aliphatic carbocycles. The van der Waals surface area contributed by atoms with E-state index in [2.05, 4.69) is 4.74 Å². The van der Waals surface area contributed by atoms with Crippen molar-refractivity contribution >= 4 is 18.0 Å². The standard InChI is InChI=1S/C6H8N2O4/c1-6(2)3(9)8(4(7)10)5(11)12-6/h1-2H3,(H2,7,10). The summed E-state index contributed by atoms with van der Waals surface area (Å²) in [7, 11) is 0. The van der Waals surface area contributed by atoms with Crippen molar-refractivity contribution < 1.29 is 19.1 Å². The highest BCUT2D eigenvalue weighted by molar-refractivity contribution is 6.14. The van der Waals surface area contributed by atoms with Gasteiger partial charge in [0.2, 0.25) is 0 Å². The molecule has 4 amide bonds. The second-order valence-corrected chi connectivity index (χ2v) is 2.86. The normalized spacial score (nSPS) is 21.0. The third-order valence-electron chi connectivity index (χ3n) is 1.46. The molecule has 1 aliphatic rings. The van der Waals surface area contributed by atoms with E-state index in [-0.39, 0.29) is 4.90 Å². The number of nitrogens with two attached hydrogens (primary N) is 1. The Kier molecular flexibility index (Phi) is 1.56. The zero-order chi connectivity index (χ0) is 9.52. The Balaban J connectivity index is 3.01. The fourth-order valence-corrected chi connectivity index (χ4v) is 0.850. The van der Waals surface area contributed by atoms with Gasteiger partial charge < -0.3 is 10.5 Å². The molecule has 0 unspecified atom stereocenters. The Morgan fingerprint density at radius 1 is 1.50 bits per heavy atom. The van der Waals surface area contributed by atoms with E-state index in [1.807, 2.05) is 0 Å². The van der Waals surface area contributed by atoms with Gasteiger partial charge in [-0.1, -0.05) is 0 Å². The first-order valence-electron chi connectivity index (χ1n) is 3.23. The molecule has 0 aromatic carbocycles. The second kappa shape index (κ2) is 2.20. The van der Waals surface area contributed by atoms with E-state index >= 15 is 0 Å². The summed E-state index contributed by atoms with van der Waals surface area (Å²) in [5, 5.41) is 0. The lowest BCUT2D eigenvalue weighted by atomic mass is 10.1. The second-order valence-electron chi connectivity index (χ2n) is 2.86. The molecule has 0 aromatic heterocycles. The molecule has 1 aliphatic heterocycles. The molecule has 0 aromatic rings. The van der Waals surface area contributed by atoms with Crippen molar-refractivity contribution in [2.24, 2.45) is 5.73 Å². The molecule has 2 N–H and O–H groups in total. The van der Waals surface area contributed by atoms with Gasteiger partial charge in [-0.25, -0.2) is 9.59 Å². The number of cyclic esters (lactones) is 1. The van der Waals surface area contributed by atoms with Crippen LogP contribution in [0.3, 0.4) is 0 Å². The van der Waals surface area contributed by atoms with Gasteiger partial charge in [0.25, 0.3) is 5.91 Å². The number of primary amides is 1. The zero-order valence-corrected chi connectivity index (χ0v) is 6.66. The van der Waals surface area contributed by atoms with Crippen LogP contribution in [0, 0.1) is 0 Å². The lowest BCUT2D eigenvalue weighted by Crippen LogP contribution is -2.43. The van der Waals surface area contributed by atoms with Gasteiger partial charge in [0.05, 0.1) is 0 Å². The fraction of sp³-hybridized carbons (Fsp3) is 0.500. The molecule has 0 saturated carbocycles. The fourth-order valence-electron chi connectivity index (χ4n) is 0.850. The average molecular weight is 172 g/mol. The van der Waals surface area contributed by atoms with Crippen LogP contribution < -0.4 is 5.73 Å². The minimum absolute atomic E-state index is 0.278. The highest BCUT2D eigenvalue weighted by Crippen LogP contribution is 2.22. The largest absolute Gasteiger partial charge is 0.433 e. The van der Waals surface area contributed by atoms with Gasteiger partial charge in [-0.3, -0.25) is 4.79 Å². The summed E-state index contributed by atoms with van der Waals surface area (Å²) in [4.78, 5) is 32.8. The maximum absolute atomic E-state index is 11.2. The van der Waals surface area contributed by atoms with Gasteiger partial charge in [0.1, 0.15) is 0 Å². The number of hydrogen-bond donors (Lipinski definition) is 1. The van der Waals surface area contributed by atoms with Crippen LogP contribution in [-0.4, -0.2) is 28.5 Å². The smallest absolute Gasteiger partial charge is 0.426 e. The number of rotatable bonds is 0. The number of carbonyl (C=O) groups is 3. The molecule has 6 heteroatoms. The van der Waals surface area contributed by atoms with Gasteiger partial charge >= 0.3 is 12.1 Å². The Morgan fingerprint density at radius 3 is 2.17 bits per heavy atom. The summed E-state index contributed by atoms with van der Waals surface area (Å²) in [6, 6.07) is -1.12. The van der Waals surface area contributed by atoms with Crippen LogP contribution in [0.25, 0.3) is 0 Å². The minimum atomic E-state index is -1.29. The van der Waals surface area contributed by atoms with Crippen molar-refractivity contribution in [3.05, 3.63) is 0 Å². The first-order valence-corrected chi connectivity index (χ1v) is 3.23. The van der Waals surface area contributed by atoms with Crippen LogP contribution >= 0.6 is 0 Å². The van der Waals surface area contributed by atoms with Crippen LogP contribution in [0.15, 0.2) is 0 Å². The summed E-state index contributed by atoms with van der Waals surface area (Å²) in [5.74, 6) is -0.736. The molecule has 0 atom stereocenters. The number of imide groups is 3. The molecule has 0 bridgehead atoms. The first-order chi connectivity index (χ1) is 5.36. The monoisotopic (exact) mass is 172 g/mol. The molecule has 66 valence electrons. The summed E-state index contributed by atoms with van der Waals surface area (Å²) in [6.45, 7) is 2.77. The lowest BCUT2D eigenvalue weighted by molar-refractivity contribution is -0.132. The van der Waals surface area contributed by atoms with Crippen molar-refractivity contribution in [3.8, 4) is 0 Å². The summed E-state index contributed by atoms with van der Waals surface area (Å²) in [5.41, 5.74) is 3.48. The van der Waals surface area contributed by atoms with Crippen LogP contribution in [-0.2, 0) is 9.53 Å². The van der Waals surface area contributed by atoms with Crippen molar-refractivity contribution in [1.29, 1.82) is 0 Å². The van der Waals surface area contributed by atoms with E-state index in [9.17, 15) is 14.4 Å². The molecule has 1 rings (SSSR count). The zero-order valence-electron chi connectivity index (χ0n) is 6.66. The van der Waals surface area contributed by atoms with Crippen molar-refractivity contribution in [2.45, 2.75) is 19.4 Å². The van der Waals surface area contributed by atoms with Crippen LogP contribution in [0.2, 0.25) is 0 Å². The Hall–Kier alpha value is -1.59. The highest BCUT2D eigenvalue weighted by atomic mass is 16.6. The summed E-state index contributed by atoms with van der Waals surface area (Å²) < 4.78 is 4.57. The SMILES string of the molecule is CC1(C)OC(=O)N(C(N)=O)C1=O. The van der Waals surface area contributed by atoms with Crippen molar-refractivity contribution in [1.82, 2.24) is 4.90 Å². The van der Waals surface area contributed by atoms with E-state index in [1.165, 1.54) is 13.8 Å². The third-order valence-corrected chi connectivity index (χ3v) is 1.46. The molecule has 1 heterocycles. The van der Waals surface area contributed by atoms with E-state index in [4.69, 9.17) is 5.73 Å². The van der Waals surface area contributed by atoms with Gasteiger partial charge in [-0.2, -0.15) is 4.90 Å². The van der Waals surface area contributed by atoms with Crippen LogP contribution in [0.1, 0.15) is 13.8 Å². The number of amides is 4. The predicted molar refractivity (Wildman–Crippen MR) is 37.0 cm³/mol. The maximum Gasteiger partial charge on any atom is 0.426 e. The van der Waals surface area contributed by atoms with E-state index in [1.54, 1.807) is 0 Å². The molecule has 12 heavy (non-hydrogen) atoms. The van der Waals surface area contributed by atoms with Gasteiger partial charge in [-0.05, 0) is 13.8 Å². The van der Waals surface area contributed by atoms with Gasteiger partial charge in [0.15, 0.2) is 5.60 Å². The number of hydrogen-bond acceptors (Lipinski definition) is 4. The summed E-state index contributed by atoms with van der Waals surface area (Å²) in [6.07, 6.45) is -1.02. The predicted octanol–water partition coefficient (Wildman–Crippen LogP) is -0.177. The number of urea groups is 1. The number of carbonyl (C=O) groups excluding carboxylic acids is 3. The van der Waals surface area contributed by atoms with Crippen LogP contribution in [0.4, 0.5) is 9.59 Å². The average Bonchev–Trinajstić information content (AvgIpc) is 2.02. The number of nitrogens with zero attached hydrogens (tertiary/aromatic N) is 1. The van der Waals surface area contributed by atoms with Crippen LogP contribution in [0.5, 0.6) is 0 Å². The topological polar surface area (TPSA) is 89.7 Å². The minimum Gasteiger partial charge on any atom is -0.433 e. The van der Waals surface area contributed by atoms with E-state index in [0.29, 0.717) is 0 Å². The van der Waals surface area contributed by atoms with E-state index < -0.39 is 23.6 Å². The molecule has 1 fully saturated rings. The lowest BCUT2D eigenvalue weighted by Gasteiger charge is -2.10. The molecule has 6 nitrogen and oxygen atoms in total. The third kappa shape index (κ3) is 1.01. The quantitative estimate of drug-likeness (QED) is 0.548.